The Bertz CT molecular complexity index is 1950. The van der Waals surface area contributed by atoms with Gasteiger partial charge in [-0.15, -0.1) is 0 Å². The molecule has 1 aliphatic carbocycles. The molecule has 2 atom stereocenters. The van der Waals surface area contributed by atoms with Gasteiger partial charge in [-0.05, 0) is 53.5 Å². The van der Waals surface area contributed by atoms with Gasteiger partial charge in [0.05, 0.1) is 5.92 Å². The van der Waals surface area contributed by atoms with Crippen molar-refractivity contribution in [1.82, 2.24) is 4.98 Å². The molecule has 2 heterocycles. The molecule has 3 heteroatoms. The maximum absolute atomic E-state index is 13.6. The third-order valence-corrected chi connectivity index (χ3v) is 8.02. The highest BCUT2D eigenvalue weighted by Crippen LogP contribution is 2.39. The van der Waals surface area contributed by atoms with Crippen LogP contribution in [-0.4, -0.2) is 10.8 Å². The molecule has 0 fully saturated rings. The van der Waals surface area contributed by atoms with Gasteiger partial charge in [-0.1, -0.05) is 92.0 Å². The first-order valence-corrected chi connectivity index (χ1v) is 13.3. The summed E-state index contributed by atoms with van der Waals surface area (Å²) >= 11 is 0. The summed E-state index contributed by atoms with van der Waals surface area (Å²) in [6.07, 6.45) is 8.48. The van der Waals surface area contributed by atoms with E-state index in [4.69, 9.17) is 4.42 Å². The number of carbonyl (C=O) groups is 1. The SMILES string of the molecule is C=Cc1oc2c(-c3ccc4[nH]c5ccc(C6CC=CC(c7ccccc7)C6=O)cc5c4c3)cccc2c1C=C. The van der Waals surface area contributed by atoms with Crippen molar-refractivity contribution in [2.75, 3.05) is 0 Å². The number of furan rings is 1. The largest absolute Gasteiger partial charge is 0.455 e. The number of fused-ring (bicyclic) bond motifs is 4. The number of nitrogens with one attached hydrogen (secondary N) is 1. The molecule has 0 bridgehead atoms. The van der Waals surface area contributed by atoms with Crippen LogP contribution in [0.4, 0.5) is 0 Å². The van der Waals surface area contributed by atoms with Crippen LogP contribution in [0, 0.1) is 0 Å². The summed E-state index contributed by atoms with van der Waals surface area (Å²) in [7, 11) is 0. The van der Waals surface area contributed by atoms with Gasteiger partial charge in [0.1, 0.15) is 11.3 Å². The Balaban J connectivity index is 1.33. The van der Waals surface area contributed by atoms with Crippen molar-refractivity contribution in [1.29, 1.82) is 0 Å². The predicted octanol–water partition coefficient (Wildman–Crippen LogP) is 9.42. The minimum Gasteiger partial charge on any atom is -0.455 e. The standard InChI is InChI=1S/C36H27NO2/c1-3-25-29-15-9-14-28(36(29)39-34(25)4-2)24-17-19-33-31(21-24)30-20-23(16-18-32(30)37-33)27-13-8-12-26(35(27)38)22-10-6-5-7-11-22/h3-12,14-21,26-27,37H,1-2,13H2. The van der Waals surface area contributed by atoms with E-state index in [0.29, 0.717) is 0 Å². The molecule has 2 aromatic heterocycles. The molecule has 0 spiro atoms. The van der Waals surface area contributed by atoms with Crippen molar-refractivity contribution < 1.29 is 9.21 Å². The molecule has 7 rings (SSSR count). The van der Waals surface area contributed by atoms with Gasteiger partial charge in [0.2, 0.25) is 0 Å². The van der Waals surface area contributed by atoms with Crippen molar-refractivity contribution >= 4 is 50.7 Å². The molecule has 1 aliphatic rings. The highest BCUT2D eigenvalue weighted by atomic mass is 16.3. The molecule has 0 radical (unpaired) electrons. The van der Waals surface area contributed by atoms with Crippen molar-refractivity contribution in [3.8, 4) is 11.1 Å². The maximum atomic E-state index is 13.6. The number of ketones is 1. The van der Waals surface area contributed by atoms with Crippen molar-refractivity contribution in [2.45, 2.75) is 18.3 Å². The third kappa shape index (κ3) is 3.70. The van der Waals surface area contributed by atoms with Crippen LogP contribution in [0.15, 0.2) is 115 Å². The number of aromatic amines is 1. The zero-order valence-corrected chi connectivity index (χ0v) is 21.5. The minimum absolute atomic E-state index is 0.163. The smallest absolute Gasteiger partial charge is 0.151 e. The van der Waals surface area contributed by atoms with E-state index >= 15 is 0 Å². The molecule has 188 valence electrons. The summed E-state index contributed by atoms with van der Waals surface area (Å²) in [5, 5.41) is 3.27. The van der Waals surface area contributed by atoms with Crippen LogP contribution < -0.4 is 0 Å². The average Bonchev–Trinajstić information content (AvgIpc) is 3.54. The van der Waals surface area contributed by atoms with Gasteiger partial charge < -0.3 is 9.40 Å². The van der Waals surface area contributed by atoms with Crippen molar-refractivity contribution in [2.24, 2.45) is 0 Å². The summed E-state index contributed by atoms with van der Waals surface area (Å²) < 4.78 is 6.22. The second-order valence-corrected chi connectivity index (χ2v) is 10.2. The molecule has 0 saturated heterocycles. The van der Waals surface area contributed by atoms with Crippen LogP contribution in [0.3, 0.4) is 0 Å². The van der Waals surface area contributed by atoms with Gasteiger partial charge in [0, 0.05) is 44.2 Å². The average molecular weight is 506 g/mol. The zero-order valence-electron chi connectivity index (χ0n) is 21.5. The molecular weight excluding hydrogens is 478 g/mol. The fourth-order valence-electron chi connectivity index (χ4n) is 6.06. The Hall–Kier alpha value is -4.89. The van der Waals surface area contributed by atoms with E-state index in [2.05, 4.69) is 84.9 Å². The van der Waals surface area contributed by atoms with E-state index in [-0.39, 0.29) is 17.6 Å². The van der Waals surface area contributed by atoms with Gasteiger partial charge in [-0.2, -0.15) is 0 Å². The van der Waals surface area contributed by atoms with Crippen LogP contribution in [0.25, 0.3) is 56.1 Å². The maximum Gasteiger partial charge on any atom is 0.151 e. The summed E-state index contributed by atoms with van der Waals surface area (Å²) in [6, 6.07) is 29.1. The van der Waals surface area contributed by atoms with Gasteiger partial charge >= 0.3 is 0 Å². The number of aromatic nitrogens is 1. The lowest BCUT2D eigenvalue weighted by atomic mass is 9.78. The Morgan fingerprint density at radius 2 is 1.59 bits per heavy atom. The first kappa shape index (κ1) is 23.2. The Morgan fingerprint density at radius 3 is 2.38 bits per heavy atom. The first-order chi connectivity index (χ1) is 19.2. The van der Waals surface area contributed by atoms with E-state index in [1.54, 1.807) is 6.08 Å². The second-order valence-electron chi connectivity index (χ2n) is 10.2. The molecule has 4 aromatic carbocycles. The van der Waals surface area contributed by atoms with Crippen LogP contribution in [-0.2, 0) is 4.79 Å². The number of allylic oxidation sites excluding steroid dienone is 2. The lowest BCUT2D eigenvalue weighted by molar-refractivity contribution is -0.121. The van der Waals surface area contributed by atoms with Crippen molar-refractivity contribution in [3.63, 3.8) is 0 Å². The van der Waals surface area contributed by atoms with E-state index in [9.17, 15) is 4.79 Å². The highest BCUT2D eigenvalue weighted by molar-refractivity contribution is 6.10. The van der Waals surface area contributed by atoms with E-state index in [1.165, 1.54) is 0 Å². The van der Waals surface area contributed by atoms with Crippen LogP contribution in [0.1, 0.15) is 40.7 Å². The van der Waals surface area contributed by atoms with Gasteiger partial charge in [0.25, 0.3) is 0 Å². The van der Waals surface area contributed by atoms with E-state index in [1.807, 2.05) is 36.4 Å². The molecule has 0 amide bonds. The molecular formula is C36H27NO2. The lowest BCUT2D eigenvalue weighted by Crippen LogP contribution is -2.22. The number of para-hydroxylation sites is 1. The fourth-order valence-corrected chi connectivity index (χ4v) is 6.06. The van der Waals surface area contributed by atoms with Crippen LogP contribution in [0.2, 0.25) is 0 Å². The van der Waals surface area contributed by atoms with Gasteiger partial charge in [-0.25, -0.2) is 0 Å². The molecule has 3 nitrogen and oxygen atoms in total. The highest BCUT2D eigenvalue weighted by Gasteiger charge is 2.30. The Labute approximate surface area is 226 Å². The number of hydrogen-bond acceptors (Lipinski definition) is 2. The summed E-state index contributed by atoms with van der Waals surface area (Å²) in [6.45, 7) is 7.87. The molecule has 39 heavy (non-hydrogen) atoms. The Kier molecular flexibility index (Phi) is 5.45. The number of H-pyrrole nitrogens is 1. The van der Waals surface area contributed by atoms with E-state index in [0.717, 1.165) is 72.8 Å². The normalized spacial score (nSPS) is 17.3. The number of benzene rings is 4. The molecule has 2 unspecified atom stereocenters. The number of hydrogen-bond donors (Lipinski definition) is 1. The molecule has 0 aliphatic heterocycles. The monoisotopic (exact) mass is 505 g/mol. The van der Waals surface area contributed by atoms with Crippen molar-refractivity contribution in [3.05, 3.63) is 133 Å². The molecule has 6 aromatic rings. The summed E-state index contributed by atoms with van der Waals surface area (Å²) in [4.78, 5) is 17.2. The summed E-state index contributed by atoms with van der Waals surface area (Å²) in [5.41, 5.74) is 8.11. The topological polar surface area (TPSA) is 46.0 Å². The quantitative estimate of drug-likeness (QED) is 0.237. The number of carbonyl (C=O) groups excluding carboxylic acids is 1. The predicted molar refractivity (Wildman–Crippen MR) is 162 cm³/mol. The minimum atomic E-state index is -0.204. The van der Waals surface area contributed by atoms with E-state index < -0.39 is 0 Å². The van der Waals surface area contributed by atoms with Crippen LogP contribution >= 0.6 is 0 Å². The van der Waals surface area contributed by atoms with Crippen LogP contribution in [0.5, 0.6) is 0 Å². The summed E-state index contributed by atoms with van der Waals surface area (Å²) in [5.74, 6) is 0.614. The Morgan fingerprint density at radius 1 is 0.795 bits per heavy atom. The second kappa shape index (κ2) is 9.14. The third-order valence-electron chi connectivity index (χ3n) is 8.02. The van der Waals surface area contributed by atoms with Gasteiger partial charge in [0.15, 0.2) is 5.78 Å². The lowest BCUT2D eigenvalue weighted by Gasteiger charge is -2.24. The first-order valence-electron chi connectivity index (χ1n) is 13.3. The number of Topliss-reactive ketones (excluding diaryl/α,β-unsaturated/α-hetero) is 1. The molecule has 1 N–H and O–H groups in total. The fraction of sp³-hybridized carbons (Fsp3) is 0.0833. The number of rotatable bonds is 5. The molecule has 0 saturated carbocycles. The van der Waals surface area contributed by atoms with Gasteiger partial charge in [-0.3, -0.25) is 4.79 Å². The zero-order chi connectivity index (χ0) is 26.5.